The van der Waals surface area contributed by atoms with E-state index in [1.165, 1.54) is 18.2 Å². The van der Waals surface area contributed by atoms with Crippen molar-refractivity contribution in [1.29, 1.82) is 0 Å². The monoisotopic (exact) mass is 305 g/mol. The van der Waals surface area contributed by atoms with E-state index in [-0.39, 0.29) is 16.1 Å². The molecule has 7 heteroatoms. The maximum absolute atomic E-state index is 12.4. The van der Waals surface area contributed by atoms with Gasteiger partial charge in [-0.3, -0.25) is 9.52 Å². The highest BCUT2D eigenvalue weighted by Gasteiger charge is 2.20. The summed E-state index contributed by atoms with van der Waals surface area (Å²) in [7, 11) is -3.86. The van der Waals surface area contributed by atoms with Gasteiger partial charge < -0.3 is 11.5 Å². The molecule has 0 radical (unpaired) electrons. The fourth-order valence-electron chi connectivity index (χ4n) is 1.91. The Morgan fingerprint density at radius 3 is 2.43 bits per heavy atom. The van der Waals surface area contributed by atoms with Gasteiger partial charge in [0.15, 0.2) is 0 Å². The maximum atomic E-state index is 12.4. The molecule has 1 amide bonds. The smallest absolute Gasteiger partial charge is 0.262 e. The number of nitrogens with one attached hydrogen (secondary N) is 1. The minimum Gasteiger partial charge on any atom is -0.398 e. The van der Waals surface area contributed by atoms with Crippen molar-refractivity contribution in [2.24, 2.45) is 5.73 Å². The van der Waals surface area contributed by atoms with Gasteiger partial charge in [0.25, 0.3) is 15.9 Å². The first-order valence-corrected chi connectivity index (χ1v) is 7.58. The Bertz CT molecular complexity index is 801. The Kier molecular flexibility index (Phi) is 3.86. The Balaban J connectivity index is 2.48. The van der Waals surface area contributed by atoms with E-state index in [1.54, 1.807) is 31.2 Å². The molecule has 0 unspecified atom stereocenters. The third-order valence-electron chi connectivity index (χ3n) is 3.05. The predicted octanol–water partition coefficient (Wildman–Crippen LogP) is 1.48. The minimum atomic E-state index is -3.86. The number of nitrogen functional groups attached to an aromatic ring is 1. The van der Waals surface area contributed by atoms with E-state index in [1.807, 2.05) is 0 Å². The number of benzene rings is 2. The molecule has 110 valence electrons. The van der Waals surface area contributed by atoms with E-state index in [4.69, 9.17) is 11.5 Å². The number of primary amides is 1. The van der Waals surface area contributed by atoms with Gasteiger partial charge in [-0.15, -0.1) is 0 Å². The fraction of sp³-hybridized carbons (Fsp3) is 0.0714. The van der Waals surface area contributed by atoms with Gasteiger partial charge in [0.05, 0.1) is 16.1 Å². The van der Waals surface area contributed by atoms with Crippen molar-refractivity contribution in [3.8, 4) is 0 Å². The van der Waals surface area contributed by atoms with E-state index in [2.05, 4.69) is 4.72 Å². The summed E-state index contributed by atoms with van der Waals surface area (Å²) in [5.74, 6) is -0.711. The average molecular weight is 305 g/mol. The van der Waals surface area contributed by atoms with Crippen LogP contribution in [0.15, 0.2) is 47.4 Å². The number of sulfonamides is 1. The summed E-state index contributed by atoms with van der Waals surface area (Å²) in [6, 6.07) is 10.7. The topological polar surface area (TPSA) is 115 Å². The molecule has 6 nitrogen and oxygen atoms in total. The largest absolute Gasteiger partial charge is 0.398 e. The molecule has 0 saturated carbocycles. The lowest BCUT2D eigenvalue weighted by molar-refractivity contribution is 0.100. The van der Waals surface area contributed by atoms with Crippen LogP contribution in [-0.4, -0.2) is 14.3 Å². The normalized spacial score (nSPS) is 11.1. The molecule has 0 atom stereocenters. The first kappa shape index (κ1) is 14.9. The zero-order valence-electron chi connectivity index (χ0n) is 11.3. The first-order chi connectivity index (χ1) is 9.83. The third-order valence-corrected chi connectivity index (χ3v) is 4.56. The molecule has 2 aromatic carbocycles. The number of nitrogens with two attached hydrogens (primary N) is 2. The van der Waals surface area contributed by atoms with Crippen LogP contribution in [0.2, 0.25) is 0 Å². The maximum Gasteiger partial charge on any atom is 0.262 e. The van der Waals surface area contributed by atoms with Crippen molar-refractivity contribution >= 4 is 27.3 Å². The average Bonchev–Trinajstić information content (AvgIpc) is 2.41. The molecule has 0 aromatic heterocycles. The van der Waals surface area contributed by atoms with E-state index in [9.17, 15) is 13.2 Å². The zero-order chi connectivity index (χ0) is 15.6. The number of amides is 1. The second-order valence-corrected chi connectivity index (χ2v) is 6.14. The van der Waals surface area contributed by atoms with Crippen molar-refractivity contribution in [3.05, 3.63) is 53.6 Å². The molecular weight excluding hydrogens is 290 g/mol. The molecule has 0 aliphatic heterocycles. The van der Waals surface area contributed by atoms with Gasteiger partial charge in [-0.2, -0.15) is 0 Å². The van der Waals surface area contributed by atoms with Crippen LogP contribution in [-0.2, 0) is 10.0 Å². The highest BCUT2D eigenvalue weighted by molar-refractivity contribution is 7.92. The molecule has 0 saturated heterocycles. The van der Waals surface area contributed by atoms with E-state index in [0.29, 0.717) is 11.3 Å². The molecule has 2 aromatic rings. The first-order valence-electron chi connectivity index (χ1n) is 6.09. The van der Waals surface area contributed by atoms with Crippen molar-refractivity contribution < 1.29 is 13.2 Å². The molecule has 2 rings (SSSR count). The summed E-state index contributed by atoms with van der Waals surface area (Å²) in [5, 5.41) is 0. The summed E-state index contributed by atoms with van der Waals surface area (Å²) in [5.41, 5.74) is 12.0. The van der Waals surface area contributed by atoms with Crippen LogP contribution in [0.4, 0.5) is 11.4 Å². The SMILES string of the molecule is Cc1c(N)cccc1S(=O)(=O)Nc1ccccc1C(N)=O. The van der Waals surface area contributed by atoms with Crippen molar-refractivity contribution in [3.63, 3.8) is 0 Å². The van der Waals surface area contributed by atoms with Gasteiger partial charge in [0, 0.05) is 5.69 Å². The summed E-state index contributed by atoms with van der Waals surface area (Å²) in [4.78, 5) is 11.4. The number of hydrogen-bond donors (Lipinski definition) is 3. The van der Waals surface area contributed by atoms with Gasteiger partial charge in [-0.05, 0) is 36.8 Å². The standard InChI is InChI=1S/C14H15N3O3S/c1-9-11(15)6-4-8-13(9)21(19,20)17-12-7-3-2-5-10(12)14(16)18/h2-8,17H,15H2,1H3,(H2,16,18). The van der Waals surface area contributed by atoms with Crippen LogP contribution in [0.5, 0.6) is 0 Å². The van der Waals surface area contributed by atoms with Crippen molar-refractivity contribution in [2.75, 3.05) is 10.5 Å². The van der Waals surface area contributed by atoms with Gasteiger partial charge >= 0.3 is 0 Å². The Labute approximate surface area is 122 Å². The van der Waals surface area contributed by atoms with Crippen molar-refractivity contribution in [1.82, 2.24) is 0 Å². The number of anilines is 2. The predicted molar refractivity (Wildman–Crippen MR) is 81.4 cm³/mol. The van der Waals surface area contributed by atoms with Crippen LogP contribution in [0.1, 0.15) is 15.9 Å². The Morgan fingerprint density at radius 1 is 1.10 bits per heavy atom. The molecule has 21 heavy (non-hydrogen) atoms. The minimum absolute atomic E-state index is 0.0572. The van der Waals surface area contributed by atoms with Crippen LogP contribution in [0, 0.1) is 6.92 Å². The molecule has 0 aliphatic carbocycles. The van der Waals surface area contributed by atoms with Crippen LogP contribution in [0.3, 0.4) is 0 Å². The number of rotatable bonds is 4. The number of carbonyl (C=O) groups excluding carboxylic acids is 1. The zero-order valence-corrected chi connectivity index (χ0v) is 12.1. The van der Waals surface area contributed by atoms with Crippen LogP contribution in [0.25, 0.3) is 0 Å². The second-order valence-electron chi connectivity index (χ2n) is 4.49. The molecular formula is C14H15N3O3S. The third kappa shape index (κ3) is 2.97. The number of hydrogen-bond acceptors (Lipinski definition) is 4. The lowest BCUT2D eigenvalue weighted by Gasteiger charge is -2.13. The fourth-order valence-corrected chi connectivity index (χ4v) is 3.27. The Hall–Kier alpha value is -2.54. The highest BCUT2D eigenvalue weighted by Crippen LogP contribution is 2.24. The highest BCUT2D eigenvalue weighted by atomic mass is 32.2. The van der Waals surface area contributed by atoms with Crippen LogP contribution >= 0.6 is 0 Å². The lowest BCUT2D eigenvalue weighted by Crippen LogP contribution is -2.19. The molecule has 0 bridgehead atoms. The van der Waals surface area contributed by atoms with E-state index >= 15 is 0 Å². The Morgan fingerprint density at radius 2 is 1.76 bits per heavy atom. The second kappa shape index (κ2) is 5.45. The quantitative estimate of drug-likeness (QED) is 0.742. The summed E-state index contributed by atoms with van der Waals surface area (Å²) >= 11 is 0. The van der Waals surface area contributed by atoms with E-state index < -0.39 is 15.9 Å². The van der Waals surface area contributed by atoms with Crippen LogP contribution < -0.4 is 16.2 Å². The molecule has 5 N–H and O–H groups in total. The molecule has 0 spiro atoms. The number of carbonyl (C=O) groups is 1. The molecule has 0 heterocycles. The number of para-hydroxylation sites is 1. The summed E-state index contributed by atoms with van der Waals surface area (Å²) in [6.45, 7) is 1.61. The van der Waals surface area contributed by atoms with Gasteiger partial charge in [0.1, 0.15) is 0 Å². The van der Waals surface area contributed by atoms with Gasteiger partial charge in [-0.25, -0.2) is 8.42 Å². The molecule has 0 fully saturated rings. The van der Waals surface area contributed by atoms with E-state index in [0.717, 1.165) is 0 Å². The van der Waals surface area contributed by atoms with Crippen molar-refractivity contribution in [2.45, 2.75) is 11.8 Å². The van der Waals surface area contributed by atoms with Gasteiger partial charge in [0.2, 0.25) is 0 Å². The summed E-state index contributed by atoms with van der Waals surface area (Å²) < 4.78 is 27.2. The van der Waals surface area contributed by atoms with Gasteiger partial charge in [-0.1, -0.05) is 18.2 Å². The lowest BCUT2D eigenvalue weighted by atomic mass is 10.2. The molecule has 0 aliphatic rings. The summed E-state index contributed by atoms with van der Waals surface area (Å²) in [6.07, 6.45) is 0.